The SMILES string of the molecule is O=C(CNS(=O)(=O)C1CCCC1)c1ccccc1. The zero-order valence-corrected chi connectivity index (χ0v) is 10.9. The summed E-state index contributed by atoms with van der Waals surface area (Å²) in [6.45, 7) is -0.150. The summed E-state index contributed by atoms with van der Waals surface area (Å²) in [4.78, 5) is 11.8. The van der Waals surface area contributed by atoms with Gasteiger partial charge in [0, 0.05) is 5.56 Å². The van der Waals surface area contributed by atoms with E-state index in [-0.39, 0.29) is 17.6 Å². The fourth-order valence-electron chi connectivity index (χ4n) is 2.21. The molecule has 1 aliphatic carbocycles. The number of nitrogens with one attached hydrogen (secondary N) is 1. The normalized spacial score (nSPS) is 16.9. The average molecular weight is 267 g/mol. The van der Waals surface area contributed by atoms with Gasteiger partial charge in [0.15, 0.2) is 5.78 Å². The highest BCUT2D eigenvalue weighted by Crippen LogP contribution is 2.23. The number of rotatable bonds is 5. The Morgan fingerprint density at radius 2 is 1.78 bits per heavy atom. The van der Waals surface area contributed by atoms with Crippen molar-refractivity contribution in [1.29, 1.82) is 0 Å². The Bertz CT molecular complexity index is 504. The molecule has 0 spiro atoms. The number of Topliss-reactive ketones (excluding diaryl/α,β-unsaturated/α-hetero) is 1. The van der Waals surface area contributed by atoms with Crippen molar-refractivity contribution >= 4 is 15.8 Å². The first-order valence-electron chi connectivity index (χ1n) is 6.16. The summed E-state index contributed by atoms with van der Waals surface area (Å²) in [5.74, 6) is -0.197. The Balaban J connectivity index is 1.93. The largest absolute Gasteiger partial charge is 0.293 e. The van der Waals surface area contributed by atoms with Crippen molar-refractivity contribution < 1.29 is 13.2 Å². The number of hydrogen-bond acceptors (Lipinski definition) is 3. The van der Waals surface area contributed by atoms with E-state index < -0.39 is 10.0 Å². The molecule has 0 amide bonds. The van der Waals surface area contributed by atoms with Gasteiger partial charge < -0.3 is 0 Å². The first-order chi connectivity index (χ1) is 8.59. The molecule has 1 saturated carbocycles. The summed E-state index contributed by atoms with van der Waals surface area (Å²) in [5, 5.41) is -0.318. The van der Waals surface area contributed by atoms with E-state index in [0.717, 1.165) is 12.8 Å². The molecule has 18 heavy (non-hydrogen) atoms. The molecule has 4 nitrogen and oxygen atoms in total. The topological polar surface area (TPSA) is 63.2 Å². The van der Waals surface area contributed by atoms with E-state index in [1.807, 2.05) is 6.07 Å². The van der Waals surface area contributed by atoms with Crippen molar-refractivity contribution in [2.24, 2.45) is 0 Å². The highest BCUT2D eigenvalue weighted by atomic mass is 32.2. The van der Waals surface area contributed by atoms with Crippen molar-refractivity contribution in [3.8, 4) is 0 Å². The molecule has 0 aromatic heterocycles. The smallest absolute Gasteiger partial charge is 0.214 e. The molecule has 0 unspecified atom stereocenters. The molecule has 1 fully saturated rings. The highest BCUT2D eigenvalue weighted by molar-refractivity contribution is 7.90. The van der Waals surface area contributed by atoms with Gasteiger partial charge in [-0.25, -0.2) is 13.1 Å². The Labute approximate surface area is 107 Å². The van der Waals surface area contributed by atoms with Crippen LogP contribution in [0.5, 0.6) is 0 Å². The predicted octanol–water partition coefficient (Wildman–Crippen LogP) is 1.73. The van der Waals surface area contributed by atoms with Crippen LogP contribution >= 0.6 is 0 Å². The fourth-order valence-corrected chi connectivity index (χ4v) is 3.73. The summed E-state index contributed by atoms with van der Waals surface area (Å²) in [6.07, 6.45) is 3.32. The van der Waals surface area contributed by atoms with Crippen molar-refractivity contribution in [1.82, 2.24) is 4.72 Å². The van der Waals surface area contributed by atoms with Crippen LogP contribution < -0.4 is 4.72 Å². The van der Waals surface area contributed by atoms with Crippen LogP contribution in [-0.4, -0.2) is 26.0 Å². The summed E-state index contributed by atoms with van der Waals surface area (Å²) >= 11 is 0. The maximum Gasteiger partial charge on any atom is 0.214 e. The van der Waals surface area contributed by atoms with Crippen molar-refractivity contribution in [3.63, 3.8) is 0 Å². The van der Waals surface area contributed by atoms with E-state index in [4.69, 9.17) is 0 Å². The van der Waals surface area contributed by atoms with Gasteiger partial charge >= 0.3 is 0 Å². The lowest BCUT2D eigenvalue weighted by molar-refractivity contribution is 0.0997. The summed E-state index contributed by atoms with van der Waals surface area (Å²) in [6, 6.07) is 8.72. The van der Waals surface area contributed by atoms with Gasteiger partial charge in [-0.05, 0) is 12.8 Å². The maximum atomic E-state index is 11.9. The van der Waals surface area contributed by atoms with Crippen molar-refractivity contribution in [2.45, 2.75) is 30.9 Å². The molecule has 0 atom stereocenters. The Morgan fingerprint density at radius 3 is 2.39 bits per heavy atom. The van der Waals surface area contributed by atoms with E-state index >= 15 is 0 Å². The first-order valence-corrected chi connectivity index (χ1v) is 7.71. The molecule has 1 N–H and O–H groups in total. The van der Waals surface area contributed by atoms with Crippen LogP contribution in [-0.2, 0) is 10.0 Å². The van der Waals surface area contributed by atoms with Crippen LogP contribution in [0.3, 0.4) is 0 Å². The molecule has 1 aliphatic rings. The zero-order chi connectivity index (χ0) is 13.0. The number of hydrogen-bond donors (Lipinski definition) is 1. The van der Waals surface area contributed by atoms with Gasteiger partial charge in [-0.3, -0.25) is 4.79 Å². The summed E-state index contributed by atoms with van der Waals surface area (Å²) in [5.41, 5.74) is 0.534. The molecular formula is C13H17NO3S. The lowest BCUT2D eigenvalue weighted by Crippen LogP contribution is -2.36. The predicted molar refractivity (Wildman–Crippen MR) is 70.0 cm³/mol. The third-order valence-corrected chi connectivity index (χ3v) is 5.17. The highest BCUT2D eigenvalue weighted by Gasteiger charge is 2.28. The molecule has 5 heteroatoms. The minimum atomic E-state index is -3.33. The summed E-state index contributed by atoms with van der Waals surface area (Å²) < 4.78 is 26.2. The molecule has 0 radical (unpaired) electrons. The monoisotopic (exact) mass is 267 g/mol. The van der Waals surface area contributed by atoms with Gasteiger partial charge in [-0.15, -0.1) is 0 Å². The molecule has 1 aromatic carbocycles. The Hall–Kier alpha value is -1.20. The molecule has 0 bridgehead atoms. The number of ketones is 1. The van der Waals surface area contributed by atoms with Gasteiger partial charge in [0.1, 0.15) is 0 Å². The van der Waals surface area contributed by atoms with Gasteiger partial charge in [0.05, 0.1) is 11.8 Å². The van der Waals surface area contributed by atoms with Crippen LogP contribution in [0.1, 0.15) is 36.0 Å². The van der Waals surface area contributed by atoms with Crippen LogP contribution in [0, 0.1) is 0 Å². The number of carbonyl (C=O) groups is 1. The molecule has 0 aliphatic heterocycles. The first kappa shape index (κ1) is 13.2. The minimum Gasteiger partial charge on any atom is -0.293 e. The molecule has 2 rings (SSSR count). The van der Waals surface area contributed by atoms with Gasteiger partial charge in [-0.2, -0.15) is 0 Å². The van der Waals surface area contributed by atoms with E-state index in [9.17, 15) is 13.2 Å². The third-order valence-electron chi connectivity index (χ3n) is 3.27. The second kappa shape index (κ2) is 5.63. The average Bonchev–Trinajstić information content (AvgIpc) is 2.92. The summed E-state index contributed by atoms with van der Waals surface area (Å²) in [7, 11) is -3.33. The Morgan fingerprint density at radius 1 is 1.17 bits per heavy atom. The van der Waals surface area contributed by atoms with E-state index in [1.165, 1.54) is 0 Å². The molecule has 98 valence electrons. The number of sulfonamides is 1. The zero-order valence-electron chi connectivity index (χ0n) is 10.1. The molecule has 0 saturated heterocycles. The van der Waals surface area contributed by atoms with Crippen LogP contribution in [0.2, 0.25) is 0 Å². The number of benzene rings is 1. The standard InChI is InChI=1S/C13H17NO3S/c15-13(11-6-2-1-3-7-11)10-14-18(16,17)12-8-4-5-9-12/h1-3,6-7,12,14H,4-5,8-10H2. The van der Waals surface area contributed by atoms with E-state index in [0.29, 0.717) is 18.4 Å². The van der Waals surface area contributed by atoms with E-state index in [2.05, 4.69) is 4.72 Å². The molecule has 0 heterocycles. The third kappa shape index (κ3) is 3.17. The van der Waals surface area contributed by atoms with Gasteiger partial charge in [-0.1, -0.05) is 43.2 Å². The molecular weight excluding hydrogens is 250 g/mol. The number of carbonyl (C=O) groups excluding carboxylic acids is 1. The van der Waals surface area contributed by atoms with Crippen LogP contribution in [0.15, 0.2) is 30.3 Å². The molecule has 1 aromatic rings. The maximum absolute atomic E-state index is 11.9. The minimum absolute atomic E-state index is 0.150. The van der Waals surface area contributed by atoms with Gasteiger partial charge in [0.2, 0.25) is 10.0 Å². The lowest BCUT2D eigenvalue weighted by Gasteiger charge is -2.11. The fraction of sp³-hybridized carbons (Fsp3) is 0.462. The lowest BCUT2D eigenvalue weighted by atomic mass is 10.1. The van der Waals surface area contributed by atoms with Crippen LogP contribution in [0.4, 0.5) is 0 Å². The quantitative estimate of drug-likeness (QED) is 0.826. The van der Waals surface area contributed by atoms with Crippen LogP contribution in [0.25, 0.3) is 0 Å². The van der Waals surface area contributed by atoms with Gasteiger partial charge in [0.25, 0.3) is 0 Å². The van der Waals surface area contributed by atoms with Crippen molar-refractivity contribution in [3.05, 3.63) is 35.9 Å². The van der Waals surface area contributed by atoms with Crippen molar-refractivity contribution in [2.75, 3.05) is 6.54 Å². The van der Waals surface area contributed by atoms with E-state index in [1.54, 1.807) is 24.3 Å². The Kier molecular flexibility index (Phi) is 4.14. The second-order valence-corrected chi connectivity index (χ2v) is 6.61. The second-order valence-electron chi connectivity index (χ2n) is 4.56.